The van der Waals surface area contributed by atoms with Crippen molar-refractivity contribution in [3.8, 4) is 0 Å². The van der Waals surface area contributed by atoms with E-state index in [1.54, 1.807) is 7.11 Å². The molecule has 0 saturated heterocycles. The molecule has 2 atom stereocenters. The van der Waals surface area contributed by atoms with E-state index in [1.807, 2.05) is 37.3 Å². The molecular formula is C17H25NO4. The van der Waals surface area contributed by atoms with Gasteiger partial charge in [-0.1, -0.05) is 37.3 Å². The van der Waals surface area contributed by atoms with Crippen LogP contribution in [0.2, 0.25) is 0 Å². The van der Waals surface area contributed by atoms with Gasteiger partial charge in [0.15, 0.2) is 0 Å². The Morgan fingerprint density at radius 3 is 2.55 bits per heavy atom. The van der Waals surface area contributed by atoms with Crippen LogP contribution in [0.1, 0.15) is 31.7 Å². The Labute approximate surface area is 131 Å². The summed E-state index contributed by atoms with van der Waals surface area (Å²) in [5.41, 5.74) is 1.09. The second-order valence-electron chi connectivity index (χ2n) is 5.65. The van der Waals surface area contributed by atoms with E-state index in [4.69, 9.17) is 9.84 Å². The van der Waals surface area contributed by atoms with Crippen LogP contribution in [0.25, 0.3) is 0 Å². The molecule has 0 saturated carbocycles. The average Bonchev–Trinajstić information content (AvgIpc) is 2.46. The SMILES string of the molecule is COCC(C)CC(=O)NC(CCC(=O)O)Cc1ccccc1. The van der Waals surface area contributed by atoms with Crippen LogP contribution < -0.4 is 5.32 Å². The molecule has 1 rings (SSSR count). The molecule has 5 heteroatoms. The number of rotatable bonds is 10. The van der Waals surface area contributed by atoms with Crippen LogP contribution in [0.15, 0.2) is 30.3 Å². The van der Waals surface area contributed by atoms with Gasteiger partial charge in [0.05, 0.1) is 0 Å². The monoisotopic (exact) mass is 307 g/mol. The Morgan fingerprint density at radius 1 is 1.27 bits per heavy atom. The Hall–Kier alpha value is -1.88. The van der Waals surface area contributed by atoms with E-state index in [0.717, 1.165) is 5.56 Å². The van der Waals surface area contributed by atoms with Gasteiger partial charge < -0.3 is 15.2 Å². The van der Waals surface area contributed by atoms with Gasteiger partial charge in [-0.3, -0.25) is 9.59 Å². The van der Waals surface area contributed by atoms with Gasteiger partial charge >= 0.3 is 5.97 Å². The van der Waals surface area contributed by atoms with Crippen molar-refractivity contribution < 1.29 is 19.4 Å². The first-order chi connectivity index (χ1) is 10.5. The smallest absolute Gasteiger partial charge is 0.303 e. The molecular weight excluding hydrogens is 282 g/mol. The fraction of sp³-hybridized carbons (Fsp3) is 0.529. The first-order valence-corrected chi connectivity index (χ1v) is 7.55. The van der Waals surface area contributed by atoms with E-state index in [9.17, 15) is 9.59 Å². The summed E-state index contributed by atoms with van der Waals surface area (Å²) in [5, 5.41) is 11.8. The normalized spacial score (nSPS) is 13.4. The first-order valence-electron chi connectivity index (χ1n) is 7.55. The molecule has 5 nitrogen and oxygen atoms in total. The number of carbonyl (C=O) groups is 2. The second-order valence-corrected chi connectivity index (χ2v) is 5.65. The standard InChI is InChI=1S/C17H25NO4/c1-13(12-22-2)10-16(19)18-15(8-9-17(20)21)11-14-6-4-3-5-7-14/h3-7,13,15H,8-12H2,1-2H3,(H,18,19)(H,20,21). The molecule has 0 fully saturated rings. The van der Waals surface area contributed by atoms with Crippen molar-refractivity contribution in [2.24, 2.45) is 5.92 Å². The highest BCUT2D eigenvalue weighted by atomic mass is 16.5. The van der Waals surface area contributed by atoms with Crippen molar-refractivity contribution in [3.05, 3.63) is 35.9 Å². The molecule has 0 radical (unpaired) electrons. The molecule has 0 aliphatic carbocycles. The molecule has 2 unspecified atom stereocenters. The maximum atomic E-state index is 12.1. The van der Waals surface area contributed by atoms with E-state index in [0.29, 0.717) is 25.9 Å². The van der Waals surface area contributed by atoms with Gasteiger partial charge in [-0.15, -0.1) is 0 Å². The molecule has 0 aliphatic rings. The van der Waals surface area contributed by atoms with E-state index in [2.05, 4.69) is 5.32 Å². The van der Waals surface area contributed by atoms with Crippen molar-refractivity contribution in [1.29, 1.82) is 0 Å². The molecule has 0 aromatic heterocycles. The lowest BCUT2D eigenvalue weighted by Crippen LogP contribution is -2.37. The zero-order valence-corrected chi connectivity index (χ0v) is 13.2. The van der Waals surface area contributed by atoms with Crippen molar-refractivity contribution in [2.75, 3.05) is 13.7 Å². The lowest BCUT2D eigenvalue weighted by molar-refractivity contribution is -0.137. The summed E-state index contributed by atoms with van der Waals surface area (Å²) >= 11 is 0. The zero-order chi connectivity index (χ0) is 16.4. The fourth-order valence-corrected chi connectivity index (χ4v) is 2.37. The molecule has 0 bridgehead atoms. The van der Waals surface area contributed by atoms with Crippen LogP contribution in [-0.2, 0) is 20.7 Å². The van der Waals surface area contributed by atoms with Gasteiger partial charge in [0, 0.05) is 32.6 Å². The van der Waals surface area contributed by atoms with Crippen LogP contribution in [0.5, 0.6) is 0 Å². The van der Waals surface area contributed by atoms with Gasteiger partial charge in [0.25, 0.3) is 0 Å². The van der Waals surface area contributed by atoms with Crippen LogP contribution in [-0.4, -0.2) is 36.7 Å². The van der Waals surface area contributed by atoms with Crippen molar-refractivity contribution >= 4 is 11.9 Å². The minimum absolute atomic E-state index is 0.0470. The number of carbonyl (C=O) groups excluding carboxylic acids is 1. The van der Waals surface area contributed by atoms with E-state index < -0.39 is 5.97 Å². The maximum Gasteiger partial charge on any atom is 0.303 e. The predicted octanol–water partition coefficient (Wildman–Crippen LogP) is 2.25. The third-order valence-corrected chi connectivity index (χ3v) is 3.38. The number of benzene rings is 1. The van der Waals surface area contributed by atoms with Gasteiger partial charge in [-0.25, -0.2) is 0 Å². The number of aliphatic carboxylic acids is 1. The summed E-state index contributed by atoms with van der Waals surface area (Å²) in [6, 6.07) is 9.60. The van der Waals surface area contributed by atoms with Crippen molar-refractivity contribution in [2.45, 2.75) is 38.6 Å². The van der Waals surface area contributed by atoms with Crippen LogP contribution >= 0.6 is 0 Å². The van der Waals surface area contributed by atoms with Crippen LogP contribution in [0.3, 0.4) is 0 Å². The Balaban J connectivity index is 2.57. The number of amides is 1. The Kier molecular flexibility index (Phi) is 8.22. The fourth-order valence-electron chi connectivity index (χ4n) is 2.37. The average molecular weight is 307 g/mol. The lowest BCUT2D eigenvalue weighted by atomic mass is 10.0. The van der Waals surface area contributed by atoms with Crippen molar-refractivity contribution in [1.82, 2.24) is 5.32 Å². The highest BCUT2D eigenvalue weighted by Gasteiger charge is 2.16. The van der Waals surface area contributed by atoms with Crippen LogP contribution in [0.4, 0.5) is 0 Å². The third kappa shape index (κ3) is 7.78. The van der Waals surface area contributed by atoms with Gasteiger partial charge in [0.2, 0.25) is 5.91 Å². The summed E-state index contributed by atoms with van der Waals surface area (Å²) in [6.07, 6.45) is 1.49. The molecule has 22 heavy (non-hydrogen) atoms. The summed E-state index contributed by atoms with van der Waals surface area (Å²) in [6.45, 7) is 2.48. The predicted molar refractivity (Wildman–Crippen MR) is 84.6 cm³/mol. The molecule has 0 heterocycles. The number of hydrogen-bond donors (Lipinski definition) is 2. The number of carboxylic acids is 1. The lowest BCUT2D eigenvalue weighted by Gasteiger charge is -2.19. The maximum absolute atomic E-state index is 12.1. The van der Waals surface area contributed by atoms with Crippen LogP contribution in [0, 0.1) is 5.92 Å². The number of hydrogen-bond acceptors (Lipinski definition) is 3. The van der Waals surface area contributed by atoms with Gasteiger partial charge in [-0.05, 0) is 24.3 Å². The molecule has 1 aromatic carbocycles. The number of methoxy groups -OCH3 is 1. The third-order valence-electron chi connectivity index (χ3n) is 3.38. The summed E-state index contributed by atoms with van der Waals surface area (Å²) in [5.74, 6) is -0.766. The first kappa shape index (κ1) is 18.2. The highest BCUT2D eigenvalue weighted by Crippen LogP contribution is 2.09. The molecule has 0 spiro atoms. The van der Waals surface area contributed by atoms with Gasteiger partial charge in [-0.2, -0.15) is 0 Å². The van der Waals surface area contributed by atoms with E-state index >= 15 is 0 Å². The van der Waals surface area contributed by atoms with Crippen molar-refractivity contribution in [3.63, 3.8) is 0 Å². The molecule has 0 aliphatic heterocycles. The summed E-state index contributed by atoms with van der Waals surface area (Å²) < 4.78 is 5.03. The minimum Gasteiger partial charge on any atom is -0.481 e. The number of ether oxygens (including phenoxy) is 1. The Morgan fingerprint density at radius 2 is 1.95 bits per heavy atom. The summed E-state index contributed by atoms with van der Waals surface area (Å²) in [7, 11) is 1.61. The largest absolute Gasteiger partial charge is 0.481 e. The minimum atomic E-state index is -0.847. The summed E-state index contributed by atoms with van der Waals surface area (Å²) in [4.78, 5) is 22.8. The Bertz CT molecular complexity index is 461. The molecule has 122 valence electrons. The van der Waals surface area contributed by atoms with E-state index in [-0.39, 0.29) is 24.3 Å². The molecule has 2 N–H and O–H groups in total. The number of carboxylic acid groups (broad SMARTS) is 1. The topological polar surface area (TPSA) is 75.6 Å². The quantitative estimate of drug-likeness (QED) is 0.695. The van der Waals surface area contributed by atoms with Gasteiger partial charge in [0.1, 0.15) is 0 Å². The molecule has 1 aromatic rings. The molecule has 1 amide bonds. The second kappa shape index (κ2) is 9.95. The number of nitrogens with one attached hydrogen (secondary N) is 1. The van der Waals surface area contributed by atoms with E-state index in [1.165, 1.54) is 0 Å². The highest BCUT2D eigenvalue weighted by molar-refractivity contribution is 5.76. The zero-order valence-electron chi connectivity index (χ0n) is 13.2.